The van der Waals surface area contributed by atoms with E-state index in [9.17, 15) is 8.42 Å². The van der Waals surface area contributed by atoms with Gasteiger partial charge in [-0.15, -0.1) is 0 Å². The molecule has 1 aliphatic rings. The molecule has 1 N–H and O–H groups in total. The van der Waals surface area contributed by atoms with E-state index in [0.29, 0.717) is 9.37 Å². The van der Waals surface area contributed by atoms with Crippen LogP contribution in [-0.4, -0.2) is 39.5 Å². The third-order valence-corrected chi connectivity index (χ3v) is 5.91. The van der Waals surface area contributed by atoms with Crippen molar-refractivity contribution in [2.24, 2.45) is 0 Å². The zero-order valence-corrected chi connectivity index (χ0v) is 13.6. The minimum Gasteiger partial charge on any atom is -0.306 e. The highest BCUT2D eigenvalue weighted by molar-refractivity contribution is 9.10. The fourth-order valence-corrected chi connectivity index (χ4v) is 4.73. The number of likely N-dealkylation sites (tertiary alicyclic amines) is 1. The molecule has 0 bridgehead atoms. The van der Waals surface area contributed by atoms with Gasteiger partial charge in [-0.1, -0.05) is 6.07 Å². The molecule has 0 spiro atoms. The first-order valence-corrected chi connectivity index (χ1v) is 8.63. The van der Waals surface area contributed by atoms with Gasteiger partial charge in [0.2, 0.25) is 10.0 Å². The van der Waals surface area contributed by atoms with Gasteiger partial charge in [0.1, 0.15) is 0 Å². The summed E-state index contributed by atoms with van der Waals surface area (Å²) in [6.07, 6.45) is 1.72. The lowest BCUT2D eigenvalue weighted by atomic mass is 10.1. The lowest BCUT2D eigenvalue weighted by molar-refractivity contribution is 0.248. The molecule has 106 valence electrons. The monoisotopic (exact) mass is 346 g/mol. The molecule has 0 aromatic heterocycles. The number of benzene rings is 1. The molecule has 0 unspecified atom stereocenters. The molecule has 1 aromatic rings. The van der Waals surface area contributed by atoms with Gasteiger partial charge in [-0.2, -0.15) is 0 Å². The van der Waals surface area contributed by atoms with Crippen LogP contribution in [0.15, 0.2) is 27.6 Å². The Hall–Kier alpha value is -0.430. The van der Waals surface area contributed by atoms with E-state index in [1.54, 1.807) is 6.07 Å². The second-order valence-electron chi connectivity index (χ2n) is 5.13. The molecule has 1 heterocycles. The van der Waals surface area contributed by atoms with Gasteiger partial charge in [-0.3, -0.25) is 0 Å². The largest absolute Gasteiger partial charge is 0.306 e. The molecule has 0 atom stereocenters. The van der Waals surface area contributed by atoms with Gasteiger partial charge in [-0.25, -0.2) is 13.1 Å². The van der Waals surface area contributed by atoms with E-state index in [0.717, 1.165) is 31.5 Å². The summed E-state index contributed by atoms with van der Waals surface area (Å²) in [5.41, 5.74) is 1.03. The van der Waals surface area contributed by atoms with Crippen LogP contribution in [0.4, 0.5) is 0 Å². The van der Waals surface area contributed by atoms with Crippen LogP contribution in [0.2, 0.25) is 0 Å². The molecular weight excluding hydrogens is 328 g/mol. The van der Waals surface area contributed by atoms with Crippen LogP contribution in [0.5, 0.6) is 0 Å². The number of halogens is 1. The van der Waals surface area contributed by atoms with Crippen LogP contribution in [0.25, 0.3) is 0 Å². The highest BCUT2D eigenvalue weighted by atomic mass is 79.9. The van der Waals surface area contributed by atoms with Crippen molar-refractivity contribution in [3.8, 4) is 0 Å². The van der Waals surface area contributed by atoms with Crippen molar-refractivity contribution in [2.75, 3.05) is 20.1 Å². The smallest absolute Gasteiger partial charge is 0.241 e. The molecule has 0 radical (unpaired) electrons. The van der Waals surface area contributed by atoms with Gasteiger partial charge >= 0.3 is 0 Å². The van der Waals surface area contributed by atoms with E-state index in [4.69, 9.17) is 0 Å². The summed E-state index contributed by atoms with van der Waals surface area (Å²) in [7, 11) is -1.38. The van der Waals surface area contributed by atoms with Crippen LogP contribution in [0, 0.1) is 6.92 Å². The Kier molecular flexibility index (Phi) is 4.66. The van der Waals surface area contributed by atoms with Gasteiger partial charge in [0.15, 0.2) is 0 Å². The van der Waals surface area contributed by atoms with Gasteiger partial charge in [0, 0.05) is 10.5 Å². The molecule has 0 saturated carbocycles. The Morgan fingerprint density at radius 2 is 1.95 bits per heavy atom. The summed E-state index contributed by atoms with van der Waals surface area (Å²) in [5, 5.41) is 0. The number of rotatable bonds is 3. The van der Waals surface area contributed by atoms with E-state index in [2.05, 4.69) is 32.6 Å². The summed E-state index contributed by atoms with van der Waals surface area (Å²) in [4.78, 5) is 2.53. The summed E-state index contributed by atoms with van der Waals surface area (Å²) in [5.74, 6) is 0. The fourth-order valence-electron chi connectivity index (χ4n) is 2.23. The molecule has 1 fully saturated rings. The summed E-state index contributed by atoms with van der Waals surface area (Å²) < 4.78 is 28.1. The van der Waals surface area contributed by atoms with E-state index in [1.165, 1.54) is 0 Å². The number of aryl methyl sites for hydroxylation is 1. The number of hydrogen-bond donors (Lipinski definition) is 1. The number of piperidine rings is 1. The van der Waals surface area contributed by atoms with Crippen molar-refractivity contribution >= 4 is 26.0 Å². The second kappa shape index (κ2) is 5.91. The number of sulfonamides is 1. The molecular formula is C13H19BrN2O2S. The number of nitrogens with zero attached hydrogens (tertiary/aromatic N) is 1. The molecule has 1 aromatic carbocycles. The van der Waals surface area contributed by atoms with E-state index in [1.807, 2.05) is 19.1 Å². The van der Waals surface area contributed by atoms with Crippen LogP contribution >= 0.6 is 15.9 Å². The summed E-state index contributed by atoms with van der Waals surface area (Å²) in [6, 6.07) is 5.32. The SMILES string of the molecule is Cc1ccc(S(=O)(=O)NC2CCN(C)CC2)c(Br)c1. The van der Waals surface area contributed by atoms with Crippen molar-refractivity contribution in [3.63, 3.8) is 0 Å². The Morgan fingerprint density at radius 3 is 2.53 bits per heavy atom. The van der Waals surface area contributed by atoms with Gasteiger partial charge < -0.3 is 4.90 Å². The molecule has 6 heteroatoms. The zero-order chi connectivity index (χ0) is 14.0. The Morgan fingerprint density at radius 1 is 1.32 bits per heavy atom. The van der Waals surface area contributed by atoms with Crippen LogP contribution in [0.3, 0.4) is 0 Å². The third kappa shape index (κ3) is 3.78. The first-order valence-electron chi connectivity index (χ1n) is 6.35. The van der Waals surface area contributed by atoms with Crippen LogP contribution in [0.1, 0.15) is 18.4 Å². The summed E-state index contributed by atoms with van der Waals surface area (Å²) in [6.45, 7) is 3.80. The molecule has 1 saturated heterocycles. The van der Waals surface area contributed by atoms with Crippen molar-refractivity contribution in [1.82, 2.24) is 9.62 Å². The zero-order valence-electron chi connectivity index (χ0n) is 11.2. The predicted octanol–water partition coefficient (Wildman–Crippen LogP) is 2.13. The first kappa shape index (κ1) is 15.0. The minimum atomic E-state index is -3.44. The van der Waals surface area contributed by atoms with Crippen molar-refractivity contribution < 1.29 is 8.42 Å². The topological polar surface area (TPSA) is 49.4 Å². The lowest BCUT2D eigenvalue weighted by Crippen LogP contribution is -2.43. The highest BCUT2D eigenvalue weighted by Gasteiger charge is 2.24. The third-order valence-electron chi connectivity index (χ3n) is 3.42. The minimum absolute atomic E-state index is 0.0365. The van der Waals surface area contributed by atoms with Crippen molar-refractivity contribution in [1.29, 1.82) is 0 Å². The Balaban J connectivity index is 2.14. The van der Waals surface area contributed by atoms with Gasteiger partial charge in [-0.05, 0) is 73.5 Å². The quantitative estimate of drug-likeness (QED) is 0.911. The van der Waals surface area contributed by atoms with E-state index in [-0.39, 0.29) is 6.04 Å². The maximum Gasteiger partial charge on any atom is 0.241 e. The van der Waals surface area contributed by atoms with Gasteiger partial charge in [0.05, 0.1) is 4.90 Å². The maximum absolute atomic E-state index is 12.4. The fraction of sp³-hybridized carbons (Fsp3) is 0.538. The van der Waals surface area contributed by atoms with Gasteiger partial charge in [0.25, 0.3) is 0 Å². The first-order chi connectivity index (χ1) is 8.88. The second-order valence-corrected chi connectivity index (χ2v) is 7.67. The standard InChI is InChI=1S/C13H19BrN2O2S/c1-10-3-4-13(12(14)9-10)19(17,18)15-11-5-7-16(2)8-6-11/h3-4,9,11,15H,5-8H2,1-2H3. The Labute approximate surface area is 123 Å². The van der Waals surface area contributed by atoms with Crippen molar-refractivity contribution in [3.05, 3.63) is 28.2 Å². The average Bonchev–Trinajstić information content (AvgIpc) is 2.31. The lowest BCUT2D eigenvalue weighted by Gasteiger charge is -2.29. The number of nitrogens with one attached hydrogen (secondary N) is 1. The van der Waals surface area contributed by atoms with Crippen LogP contribution < -0.4 is 4.72 Å². The van der Waals surface area contributed by atoms with Crippen molar-refractivity contribution in [2.45, 2.75) is 30.7 Å². The van der Waals surface area contributed by atoms with E-state index >= 15 is 0 Å². The highest BCUT2D eigenvalue weighted by Crippen LogP contribution is 2.24. The molecule has 0 amide bonds. The number of hydrogen-bond acceptors (Lipinski definition) is 3. The Bertz CT molecular complexity index is 552. The molecule has 2 rings (SSSR count). The normalized spacial score (nSPS) is 18.7. The summed E-state index contributed by atoms with van der Waals surface area (Å²) >= 11 is 3.33. The molecule has 0 aliphatic carbocycles. The average molecular weight is 347 g/mol. The molecule has 19 heavy (non-hydrogen) atoms. The van der Waals surface area contributed by atoms with E-state index < -0.39 is 10.0 Å². The molecule has 1 aliphatic heterocycles. The predicted molar refractivity (Wildman–Crippen MR) is 79.7 cm³/mol. The van der Waals surface area contributed by atoms with Crippen LogP contribution in [-0.2, 0) is 10.0 Å². The maximum atomic E-state index is 12.4. The molecule has 4 nitrogen and oxygen atoms in total.